The highest BCUT2D eigenvalue weighted by Crippen LogP contribution is 2.17. The summed E-state index contributed by atoms with van der Waals surface area (Å²) in [6.45, 7) is 0. The number of hydrogen-bond donors (Lipinski definition) is 1. The fraction of sp³-hybridized carbons (Fsp3) is 0.188. The number of carbonyl (C=O) groups is 1. The lowest BCUT2D eigenvalue weighted by Gasteiger charge is -2.08. The summed E-state index contributed by atoms with van der Waals surface area (Å²) in [5, 5.41) is 8.91. The fourth-order valence-electron chi connectivity index (χ4n) is 2.03. The first-order valence-corrected chi connectivity index (χ1v) is 6.10. The van der Waals surface area contributed by atoms with Gasteiger partial charge < -0.3 is 9.84 Å². The molecule has 0 aromatic heterocycles. The minimum atomic E-state index is -0.804. The molecule has 2 aromatic rings. The van der Waals surface area contributed by atoms with Crippen molar-refractivity contribution in [1.29, 1.82) is 0 Å². The van der Waals surface area contributed by atoms with Crippen molar-refractivity contribution in [3.05, 3.63) is 65.2 Å². The number of benzene rings is 2. The van der Waals surface area contributed by atoms with Gasteiger partial charge in [0.05, 0.1) is 13.5 Å². The van der Waals surface area contributed by atoms with Crippen molar-refractivity contribution in [3.8, 4) is 5.75 Å². The average Bonchev–Trinajstić information content (AvgIpc) is 2.41. The Bertz CT molecular complexity index is 558. The molecular formula is C16H16O3. The summed E-state index contributed by atoms with van der Waals surface area (Å²) in [5.41, 5.74) is 3.06. The van der Waals surface area contributed by atoms with E-state index in [0.29, 0.717) is 0 Å². The van der Waals surface area contributed by atoms with Gasteiger partial charge in [-0.25, -0.2) is 0 Å². The van der Waals surface area contributed by atoms with Gasteiger partial charge in [-0.15, -0.1) is 0 Å². The van der Waals surface area contributed by atoms with Crippen LogP contribution in [0.25, 0.3) is 0 Å². The van der Waals surface area contributed by atoms with E-state index in [9.17, 15) is 4.79 Å². The van der Waals surface area contributed by atoms with Crippen LogP contribution in [0, 0.1) is 0 Å². The second-order valence-corrected chi connectivity index (χ2v) is 4.36. The van der Waals surface area contributed by atoms with E-state index in [0.717, 1.165) is 28.9 Å². The molecule has 0 atom stereocenters. The van der Waals surface area contributed by atoms with Crippen LogP contribution in [-0.2, 0) is 17.6 Å². The Kier molecular flexibility index (Phi) is 4.18. The van der Waals surface area contributed by atoms with Gasteiger partial charge in [-0.1, -0.05) is 36.4 Å². The standard InChI is InChI=1S/C16H16O3/c1-19-15-8-6-12(7-9-15)10-13-4-2-3-5-14(13)11-16(17)18/h2-9H,10-11H2,1H3,(H,17,18). The molecule has 0 saturated carbocycles. The maximum absolute atomic E-state index is 10.8. The molecule has 0 radical (unpaired) electrons. The fourth-order valence-corrected chi connectivity index (χ4v) is 2.03. The summed E-state index contributed by atoms with van der Waals surface area (Å²) >= 11 is 0. The first-order valence-electron chi connectivity index (χ1n) is 6.10. The Morgan fingerprint density at radius 2 is 1.68 bits per heavy atom. The predicted octanol–water partition coefficient (Wildman–Crippen LogP) is 2.91. The molecule has 0 fully saturated rings. The van der Waals surface area contributed by atoms with Crippen LogP contribution in [0.15, 0.2) is 48.5 Å². The van der Waals surface area contributed by atoms with Gasteiger partial charge in [0.15, 0.2) is 0 Å². The molecule has 0 amide bonds. The minimum absolute atomic E-state index is 0.0618. The van der Waals surface area contributed by atoms with E-state index in [1.807, 2.05) is 48.5 Å². The molecule has 0 aliphatic heterocycles. The predicted molar refractivity (Wildman–Crippen MR) is 73.6 cm³/mol. The van der Waals surface area contributed by atoms with E-state index >= 15 is 0 Å². The number of ether oxygens (including phenoxy) is 1. The van der Waals surface area contributed by atoms with Crippen LogP contribution in [0.1, 0.15) is 16.7 Å². The smallest absolute Gasteiger partial charge is 0.307 e. The SMILES string of the molecule is COc1ccc(Cc2ccccc2CC(=O)O)cc1. The molecule has 0 unspecified atom stereocenters. The summed E-state index contributed by atoms with van der Waals surface area (Å²) < 4.78 is 5.12. The Balaban J connectivity index is 2.19. The van der Waals surface area contributed by atoms with Crippen LogP contribution in [0.4, 0.5) is 0 Å². The lowest BCUT2D eigenvalue weighted by Crippen LogP contribution is -2.04. The van der Waals surface area contributed by atoms with Gasteiger partial charge in [0, 0.05) is 0 Å². The van der Waals surface area contributed by atoms with E-state index in [-0.39, 0.29) is 6.42 Å². The minimum Gasteiger partial charge on any atom is -0.497 e. The number of methoxy groups -OCH3 is 1. The van der Waals surface area contributed by atoms with E-state index in [2.05, 4.69) is 0 Å². The molecule has 0 aliphatic carbocycles. The molecule has 0 bridgehead atoms. The highest BCUT2D eigenvalue weighted by Gasteiger charge is 2.07. The maximum atomic E-state index is 10.8. The second kappa shape index (κ2) is 6.05. The van der Waals surface area contributed by atoms with Crippen LogP contribution in [-0.4, -0.2) is 18.2 Å². The molecule has 98 valence electrons. The lowest BCUT2D eigenvalue weighted by atomic mass is 9.98. The normalized spacial score (nSPS) is 10.2. The Hall–Kier alpha value is -2.29. The summed E-state index contributed by atoms with van der Waals surface area (Å²) in [7, 11) is 1.64. The van der Waals surface area contributed by atoms with Crippen LogP contribution in [0.3, 0.4) is 0 Å². The molecule has 0 heterocycles. The largest absolute Gasteiger partial charge is 0.497 e. The second-order valence-electron chi connectivity index (χ2n) is 4.36. The topological polar surface area (TPSA) is 46.5 Å². The summed E-state index contributed by atoms with van der Waals surface area (Å²) in [5.74, 6) is 0.0183. The molecule has 2 rings (SSSR count). The first-order chi connectivity index (χ1) is 9.19. The van der Waals surface area contributed by atoms with Crippen LogP contribution in [0.2, 0.25) is 0 Å². The Labute approximate surface area is 112 Å². The van der Waals surface area contributed by atoms with Crippen molar-refractivity contribution in [3.63, 3.8) is 0 Å². The van der Waals surface area contributed by atoms with Crippen LogP contribution < -0.4 is 4.74 Å². The van der Waals surface area contributed by atoms with Crippen molar-refractivity contribution in [2.45, 2.75) is 12.8 Å². The third kappa shape index (κ3) is 3.58. The molecule has 3 nitrogen and oxygen atoms in total. The van der Waals surface area contributed by atoms with Gasteiger partial charge in [0.1, 0.15) is 5.75 Å². The molecule has 0 aliphatic rings. The third-order valence-electron chi connectivity index (χ3n) is 3.01. The molecule has 3 heteroatoms. The van der Waals surface area contributed by atoms with E-state index < -0.39 is 5.97 Å². The third-order valence-corrected chi connectivity index (χ3v) is 3.01. The number of hydrogen-bond acceptors (Lipinski definition) is 2. The van der Waals surface area contributed by atoms with E-state index in [1.165, 1.54) is 0 Å². The first kappa shape index (κ1) is 13.1. The number of rotatable bonds is 5. The molecule has 1 N–H and O–H groups in total. The molecule has 0 spiro atoms. The zero-order valence-corrected chi connectivity index (χ0v) is 10.8. The van der Waals surface area contributed by atoms with Crippen molar-refractivity contribution in [2.75, 3.05) is 7.11 Å². The monoisotopic (exact) mass is 256 g/mol. The quantitative estimate of drug-likeness (QED) is 0.894. The van der Waals surface area contributed by atoms with Crippen LogP contribution in [0.5, 0.6) is 5.75 Å². The summed E-state index contributed by atoms with van der Waals surface area (Å²) in [6.07, 6.45) is 0.791. The van der Waals surface area contributed by atoms with Gasteiger partial charge in [0.2, 0.25) is 0 Å². The lowest BCUT2D eigenvalue weighted by molar-refractivity contribution is -0.136. The molecule has 0 saturated heterocycles. The zero-order valence-electron chi connectivity index (χ0n) is 10.8. The van der Waals surface area contributed by atoms with Gasteiger partial charge in [0.25, 0.3) is 0 Å². The van der Waals surface area contributed by atoms with Gasteiger partial charge in [-0.3, -0.25) is 4.79 Å². The van der Waals surface area contributed by atoms with Gasteiger partial charge in [-0.05, 0) is 35.2 Å². The average molecular weight is 256 g/mol. The Morgan fingerprint density at radius 1 is 1.05 bits per heavy atom. The molecule has 19 heavy (non-hydrogen) atoms. The van der Waals surface area contributed by atoms with Gasteiger partial charge in [-0.2, -0.15) is 0 Å². The van der Waals surface area contributed by atoms with Gasteiger partial charge >= 0.3 is 5.97 Å². The maximum Gasteiger partial charge on any atom is 0.307 e. The summed E-state index contributed by atoms with van der Waals surface area (Å²) in [4.78, 5) is 10.8. The van der Waals surface area contributed by atoms with E-state index in [1.54, 1.807) is 7.11 Å². The van der Waals surface area contributed by atoms with E-state index in [4.69, 9.17) is 9.84 Å². The van der Waals surface area contributed by atoms with Crippen molar-refractivity contribution >= 4 is 5.97 Å². The number of carboxylic acids is 1. The van der Waals surface area contributed by atoms with Crippen molar-refractivity contribution in [1.82, 2.24) is 0 Å². The highest BCUT2D eigenvalue weighted by atomic mass is 16.5. The van der Waals surface area contributed by atoms with Crippen molar-refractivity contribution < 1.29 is 14.6 Å². The van der Waals surface area contributed by atoms with Crippen LogP contribution >= 0.6 is 0 Å². The zero-order chi connectivity index (χ0) is 13.7. The number of carboxylic acid groups (broad SMARTS) is 1. The Morgan fingerprint density at radius 3 is 2.26 bits per heavy atom. The molecular weight excluding hydrogens is 240 g/mol. The number of aliphatic carboxylic acids is 1. The summed E-state index contributed by atoms with van der Waals surface area (Å²) in [6, 6.07) is 15.5. The van der Waals surface area contributed by atoms with Crippen molar-refractivity contribution in [2.24, 2.45) is 0 Å². The highest BCUT2D eigenvalue weighted by molar-refractivity contribution is 5.70. The molecule has 2 aromatic carbocycles.